The summed E-state index contributed by atoms with van der Waals surface area (Å²) in [6.07, 6.45) is 6.27. The average molecular weight is 317 g/mol. The van der Waals surface area contributed by atoms with Gasteiger partial charge in [0.25, 0.3) is 0 Å². The third-order valence-electron chi connectivity index (χ3n) is 2.83. The van der Waals surface area contributed by atoms with Crippen LogP contribution in [0.5, 0.6) is 0 Å². The van der Waals surface area contributed by atoms with E-state index in [1.54, 1.807) is 0 Å². The van der Waals surface area contributed by atoms with Gasteiger partial charge in [0.15, 0.2) is 0 Å². The van der Waals surface area contributed by atoms with Crippen molar-refractivity contribution in [2.45, 2.75) is 38.4 Å². The first kappa shape index (κ1) is 11.3. The third-order valence-corrected chi connectivity index (χ3v) is 3.81. The number of ether oxygens (including phenoxy) is 1. The van der Waals surface area contributed by atoms with Crippen molar-refractivity contribution in [3.05, 3.63) is 29.6 Å². The fourth-order valence-corrected chi connectivity index (χ4v) is 2.58. The molecule has 2 nitrogen and oxygen atoms in total. The summed E-state index contributed by atoms with van der Waals surface area (Å²) in [5.41, 5.74) is 2.30. The Morgan fingerprint density at radius 1 is 1.47 bits per heavy atom. The van der Waals surface area contributed by atoms with E-state index in [0.717, 1.165) is 16.5 Å². The lowest BCUT2D eigenvalue weighted by Crippen LogP contribution is -2.23. The second-order valence-corrected chi connectivity index (χ2v) is 4.95. The molecule has 82 valence electrons. The molecule has 0 N–H and O–H groups in total. The molecule has 0 bridgehead atoms. The molecule has 2 rings (SSSR count). The van der Waals surface area contributed by atoms with E-state index >= 15 is 0 Å². The van der Waals surface area contributed by atoms with Crippen LogP contribution < -0.4 is 0 Å². The topological polar surface area (TPSA) is 22.1 Å². The number of rotatable bonds is 2. The molecule has 2 unspecified atom stereocenters. The standard InChI is InChI=1S/C12H16INO/c1-9-5-6-10(8-14-9)12-4-2-3-11(7-13)15-12/h5-6,8,11-12H,2-4,7H2,1H3. The molecule has 0 amide bonds. The summed E-state index contributed by atoms with van der Waals surface area (Å²) in [5.74, 6) is 0. The van der Waals surface area contributed by atoms with Gasteiger partial charge in [-0.3, -0.25) is 4.98 Å². The summed E-state index contributed by atoms with van der Waals surface area (Å²) in [6, 6.07) is 4.20. The number of aromatic nitrogens is 1. The molecule has 0 spiro atoms. The maximum Gasteiger partial charge on any atom is 0.0843 e. The van der Waals surface area contributed by atoms with E-state index in [0.29, 0.717) is 6.10 Å². The zero-order valence-electron chi connectivity index (χ0n) is 8.95. The number of pyridine rings is 1. The van der Waals surface area contributed by atoms with Crippen LogP contribution in [0, 0.1) is 6.92 Å². The van der Waals surface area contributed by atoms with Gasteiger partial charge in [-0.25, -0.2) is 0 Å². The number of alkyl halides is 1. The maximum absolute atomic E-state index is 6.01. The Balaban J connectivity index is 2.06. The van der Waals surface area contributed by atoms with Crippen molar-refractivity contribution in [3.8, 4) is 0 Å². The Hall–Kier alpha value is -0.160. The largest absolute Gasteiger partial charge is 0.369 e. The highest BCUT2D eigenvalue weighted by molar-refractivity contribution is 14.1. The monoisotopic (exact) mass is 317 g/mol. The molecular weight excluding hydrogens is 301 g/mol. The van der Waals surface area contributed by atoms with Crippen LogP contribution in [0.15, 0.2) is 18.3 Å². The van der Waals surface area contributed by atoms with Gasteiger partial charge in [0, 0.05) is 16.3 Å². The van der Waals surface area contributed by atoms with Gasteiger partial charge in [0.05, 0.1) is 12.2 Å². The number of hydrogen-bond donors (Lipinski definition) is 0. The van der Waals surface area contributed by atoms with E-state index < -0.39 is 0 Å². The SMILES string of the molecule is Cc1ccc(C2CCCC(CI)O2)cn1. The van der Waals surface area contributed by atoms with Crippen LogP contribution in [0.25, 0.3) is 0 Å². The van der Waals surface area contributed by atoms with Crippen LogP contribution in [0.4, 0.5) is 0 Å². The Labute approximate surface area is 105 Å². The van der Waals surface area contributed by atoms with E-state index in [9.17, 15) is 0 Å². The second kappa shape index (κ2) is 5.25. The lowest BCUT2D eigenvalue weighted by Gasteiger charge is -2.29. The molecule has 1 saturated heterocycles. The highest BCUT2D eigenvalue weighted by Gasteiger charge is 2.22. The number of halogens is 1. The van der Waals surface area contributed by atoms with Crippen LogP contribution in [0.2, 0.25) is 0 Å². The van der Waals surface area contributed by atoms with Crippen molar-refractivity contribution in [2.24, 2.45) is 0 Å². The molecule has 15 heavy (non-hydrogen) atoms. The van der Waals surface area contributed by atoms with E-state index in [1.165, 1.54) is 18.4 Å². The molecule has 1 aliphatic heterocycles. The summed E-state index contributed by atoms with van der Waals surface area (Å²) in [5, 5.41) is 0. The fraction of sp³-hybridized carbons (Fsp3) is 0.583. The normalized spacial score (nSPS) is 26.5. The Kier molecular flexibility index (Phi) is 3.97. The summed E-state index contributed by atoms with van der Waals surface area (Å²) in [7, 11) is 0. The molecule has 0 saturated carbocycles. The van der Waals surface area contributed by atoms with Crippen LogP contribution in [0.3, 0.4) is 0 Å². The van der Waals surface area contributed by atoms with E-state index in [-0.39, 0.29) is 6.10 Å². The minimum absolute atomic E-state index is 0.270. The van der Waals surface area contributed by atoms with Gasteiger partial charge in [-0.1, -0.05) is 28.7 Å². The van der Waals surface area contributed by atoms with Crippen molar-refractivity contribution >= 4 is 22.6 Å². The number of aryl methyl sites for hydroxylation is 1. The van der Waals surface area contributed by atoms with Crippen molar-refractivity contribution < 1.29 is 4.74 Å². The summed E-state index contributed by atoms with van der Waals surface area (Å²) in [6.45, 7) is 2.01. The average Bonchev–Trinajstić information content (AvgIpc) is 2.30. The van der Waals surface area contributed by atoms with Crippen LogP contribution >= 0.6 is 22.6 Å². The van der Waals surface area contributed by atoms with Gasteiger partial charge >= 0.3 is 0 Å². The quantitative estimate of drug-likeness (QED) is 0.616. The molecule has 0 radical (unpaired) electrons. The Bertz CT molecular complexity index is 312. The van der Waals surface area contributed by atoms with Gasteiger partial charge in [-0.15, -0.1) is 0 Å². The predicted octanol–water partition coefficient (Wildman–Crippen LogP) is 3.44. The maximum atomic E-state index is 6.01. The summed E-state index contributed by atoms with van der Waals surface area (Å²) in [4.78, 5) is 4.32. The Morgan fingerprint density at radius 3 is 3.00 bits per heavy atom. The van der Waals surface area contributed by atoms with Crippen LogP contribution in [0.1, 0.15) is 36.6 Å². The molecule has 1 aromatic rings. The molecule has 2 atom stereocenters. The highest BCUT2D eigenvalue weighted by atomic mass is 127. The molecule has 2 heterocycles. The number of hydrogen-bond acceptors (Lipinski definition) is 2. The van der Waals surface area contributed by atoms with E-state index in [4.69, 9.17) is 4.74 Å². The molecule has 1 fully saturated rings. The van der Waals surface area contributed by atoms with Crippen molar-refractivity contribution in [2.75, 3.05) is 4.43 Å². The highest BCUT2D eigenvalue weighted by Crippen LogP contribution is 2.31. The fourth-order valence-electron chi connectivity index (χ4n) is 1.93. The summed E-state index contributed by atoms with van der Waals surface area (Å²) < 4.78 is 7.10. The molecule has 1 aromatic heterocycles. The van der Waals surface area contributed by atoms with Gasteiger partial charge < -0.3 is 4.74 Å². The van der Waals surface area contributed by atoms with Crippen molar-refractivity contribution in [3.63, 3.8) is 0 Å². The van der Waals surface area contributed by atoms with Crippen molar-refractivity contribution in [1.82, 2.24) is 4.98 Å². The van der Waals surface area contributed by atoms with Gasteiger partial charge in [0.2, 0.25) is 0 Å². The zero-order valence-corrected chi connectivity index (χ0v) is 11.1. The van der Waals surface area contributed by atoms with Crippen molar-refractivity contribution in [1.29, 1.82) is 0 Å². The van der Waals surface area contributed by atoms with Crippen LogP contribution in [-0.4, -0.2) is 15.5 Å². The Morgan fingerprint density at radius 2 is 2.33 bits per heavy atom. The number of nitrogens with zero attached hydrogens (tertiary/aromatic N) is 1. The first-order chi connectivity index (χ1) is 7.29. The molecule has 3 heteroatoms. The minimum Gasteiger partial charge on any atom is -0.369 e. The van der Waals surface area contributed by atoms with Crippen LogP contribution in [-0.2, 0) is 4.74 Å². The van der Waals surface area contributed by atoms with Gasteiger partial charge in [-0.2, -0.15) is 0 Å². The molecule has 0 aliphatic carbocycles. The first-order valence-corrected chi connectivity index (χ1v) is 6.96. The molecule has 0 aromatic carbocycles. The third kappa shape index (κ3) is 2.91. The second-order valence-electron chi connectivity index (χ2n) is 4.06. The lowest BCUT2D eigenvalue weighted by atomic mass is 10.00. The van der Waals surface area contributed by atoms with Gasteiger partial charge in [0.1, 0.15) is 0 Å². The predicted molar refractivity (Wildman–Crippen MR) is 69.3 cm³/mol. The molecular formula is C12H16INO. The van der Waals surface area contributed by atoms with E-state index in [1.807, 2.05) is 13.1 Å². The first-order valence-electron chi connectivity index (χ1n) is 5.43. The molecule has 1 aliphatic rings. The van der Waals surface area contributed by atoms with E-state index in [2.05, 4.69) is 39.7 Å². The summed E-state index contributed by atoms with van der Waals surface area (Å²) >= 11 is 2.40. The van der Waals surface area contributed by atoms with Gasteiger partial charge in [-0.05, 0) is 37.8 Å². The zero-order chi connectivity index (χ0) is 10.7. The lowest BCUT2D eigenvalue weighted by molar-refractivity contribution is -0.0376. The smallest absolute Gasteiger partial charge is 0.0843 e. The minimum atomic E-state index is 0.270.